The van der Waals surface area contributed by atoms with Crippen LogP contribution in [0, 0.1) is 5.92 Å². The molecule has 0 saturated heterocycles. The summed E-state index contributed by atoms with van der Waals surface area (Å²) < 4.78 is 1.19. The van der Waals surface area contributed by atoms with Crippen molar-refractivity contribution in [1.29, 1.82) is 0 Å². The highest BCUT2D eigenvalue weighted by Gasteiger charge is 2.17. The van der Waals surface area contributed by atoms with E-state index in [4.69, 9.17) is 11.6 Å². The van der Waals surface area contributed by atoms with E-state index in [1.165, 1.54) is 21.3 Å². The number of alkyl halides is 1. The molecule has 1 heterocycles. The second-order valence-corrected chi connectivity index (χ2v) is 6.77. The SMILES string of the molecule is CC1CC(Cc2cc(Br)cs2)=CC(Cl)C1. The normalized spacial score (nSPS) is 26.5. The van der Waals surface area contributed by atoms with Gasteiger partial charge in [0.2, 0.25) is 0 Å². The Balaban J connectivity index is 2.05. The third kappa shape index (κ3) is 3.33. The Morgan fingerprint density at radius 3 is 3.00 bits per heavy atom. The summed E-state index contributed by atoms with van der Waals surface area (Å²) in [6.45, 7) is 2.28. The second kappa shape index (κ2) is 5.03. The standard InChI is InChI=1S/C12H14BrClS/c1-8-2-9(4-11(14)3-8)5-12-6-10(13)7-15-12/h4,6-8,11H,2-3,5H2,1H3. The van der Waals surface area contributed by atoms with Crippen molar-refractivity contribution in [2.75, 3.05) is 0 Å². The van der Waals surface area contributed by atoms with Crippen molar-refractivity contribution in [3.8, 4) is 0 Å². The van der Waals surface area contributed by atoms with Gasteiger partial charge in [-0.15, -0.1) is 22.9 Å². The fourth-order valence-electron chi connectivity index (χ4n) is 2.11. The minimum absolute atomic E-state index is 0.243. The molecule has 82 valence electrons. The van der Waals surface area contributed by atoms with E-state index in [2.05, 4.69) is 40.4 Å². The number of hydrogen-bond acceptors (Lipinski definition) is 1. The van der Waals surface area contributed by atoms with Crippen molar-refractivity contribution >= 4 is 38.9 Å². The van der Waals surface area contributed by atoms with E-state index in [1.54, 1.807) is 0 Å². The molecule has 0 fully saturated rings. The molecular weight excluding hydrogens is 292 g/mol. The van der Waals surface area contributed by atoms with Crippen molar-refractivity contribution < 1.29 is 0 Å². The third-order valence-electron chi connectivity index (χ3n) is 2.68. The Kier molecular flexibility index (Phi) is 3.92. The Hall–Kier alpha value is 0.210. The molecule has 15 heavy (non-hydrogen) atoms. The van der Waals surface area contributed by atoms with Gasteiger partial charge in [0.25, 0.3) is 0 Å². The zero-order valence-electron chi connectivity index (χ0n) is 8.67. The third-order valence-corrected chi connectivity index (χ3v) is 4.68. The van der Waals surface area contributed by atoms with E-state index in [-0.39, 0.29) is 5.38 Å². The molecule has 3 heteroatoms. The first-order valence-corrected chi connectivity index (χ1v) is 7.31. The van der Waals surface area contributed by atoms with E-state index in [0.717, 1.165) is 18.8 Å². The van der Waals surface area contributed by atoms with Crippen molar-refractivity contribution in [2.45, 2.75) is 31.6 Å². The zero-order chi connectivity index (χ0) is 10.8. The van der Waals surface area contributed by atoms with Gasteiger partial charge in [0.05, 0.1) is 5.38 Å². The minimum atomic E-state index is 0.243. The van der Waals surface area contributed by atoms with E-state index in [1.807, 2.05) is 11.3 Å². The molecular formula is C12H14BrClS. The van der Waals surface area contributed by atoms with Crippen LogP contribution in [0.2, 0.25) is 0 Å². The molecule has 0 N–H and O–H groups in total. The lowest BCUT2D eigenvalue weighted by Gasteiger charge is -2.22. The average Bonchev–Trinajstić information content (AvgIpc) is 2.49. The Morgan fingerprint density at radius 2 is 2.40 bits per heavy atom. The van der Waals surface area contributed by atoms with Gasteiger partial charge in [-0.2, -0.15) is 0 Å². The summed E-state index contributed by atoms with van der Waals surface area (Å²) in [4.78, 5) is 1.42. The highest BCUT2D eigenvalue weighted by Crippen LogP contribution is 2.31. The minimum Gasteiger partial charge on any atom is -0.147 e. The molecule has 1 aromatic rings. The highest BCUT2D eigenvalue weighted by atomic mass is 79.9. The van der Waals surface area contributed by atoms with Crippen LogP contribution in [0.5, 0.6) is 0 Å². The maximum atomic E-state index is 6.20. The van der Waals surface area contributed by atoms with Crippen LogP contribution >= 0.6 is 38.9 Å². The Labute approximate surface area is 108 Å². The summed E-state index contributed by atoms with van der Waals surface area (Å²) in [6.07, 6.45) is 5.65. The summed E-state index contributed by atoms with van der Waals surface area (Å²) >= 11 is 11.5. The molecule has 2 atom stereocenters. The molecule has 0 bridgehead atoms. The number of allylic oxidation sites excluding steroid dienone is 2. The molecule has 0 amide bonds. The zero-order valence-corrected chi connectivity index (χ0v) is 11.8. The molecule has 2 unspecified atom stereocenters. The van der Waals surface area contributed by atoms with Gasteiger partial charge in [0.15, 0.2) is 0 Å². The van der Waals surface area contributed by atoms with Gasteiger partial charge in [-0.25, -0.2) is 0 Å². The summed E-state index contributed by atoms with van der Waals surface area (Å²) in [7, 11) is 0. The Bertz CT molecular complexity index is 369. The fourth-order valence-corrected chi connectivity index (χ4v) is 4.09. The van der Waals surface area contributed by atoms with Gasteiger partial charge in [-0.3, -0.25) is 0 Å². The van der Waals surface area contributed by atoms with Crippen LogP contribution in [0.4, 0.5) is 0 Å². The molecule has 0 saturated carbocycles. The first-order valence-electron chi connectivity index (χ1n) is 5.20. The quantitative estimate of drug-likeness (QED) is 0.532. The van der Waals surface area contributed by atoms with Crippen molar-refractivity contribution in [1.82, 2.24) is 0 Å². The summed E-state index contributed by atoms with van der Waals surface area (Å²) in [6, 6.07) is 2.20. The molecule has 0 spiro atoms. The molecule has 0 nitrogen and oxygen atoms in total. The molecule has 0 aromatic carbocycles. The molecule has 2 rings (SSSR count). The smallest absolute Gasteiger partial charge is 0.0521 e. The lowest BCUT2D eigenvalue weighted by molar-refractivity contribution is 0.508. The van der Waals surface area contributed by atoms with E-state index in [9.17, 15) is 0 Å². The van der Waals surface area contributed by atoms with Crippen LogP contribution in [0.1, 0.15) is 24.6 Å². The number of halogens is 2. The molecule has 1 aliphatic carbocycles. The van der Waals surface area contributed by atoms with Gasteiger partial charge >= 0.3 is 0 Å². The molecule has 0 radical (unpaired) electrons. The molecule has 1 aliphatic rings. The second-order valence-electron chi connectivity index (χ2n) is 4.29. The monoisotopic (exact) mass is 304 g/mol. The number of rotatable bonds is 2. The summed E-state index contributed by atoms with van der Waals surface area (Å²) in [5, 5.41) is 2.38. The van der Waals surface area contributed by atoms with Crippen LogP contribution in [-0.2, 0) is 6.42 Å². The van der Waals surface area contributed by atoms with Crippen molar-refractivity contribution in [3.63, 3.8) is 0 Å². The van der Waals surface area contributed by atoms with Gasteiger partial charge in [-0.1, -0.05) is 18.6 Å². The molecule has 1 aromatic heterocycles. The lowest BCUT2D eigenvalue weighted by Crippen LogP contribution is -2.12. The maximum absolute atomic E-state index is 6.20. The fraction of sp³-hybridized carbons (Fsp3) is 0.500. The van der Waals surface area contributed by atoms with E-state index < -0.39 is 0 Å². The van der Waals surface area contributed by atoms with E-state index >= 15 is 0 Å². The maximum Gasteiger partial charge on any atom is 0.0521 e. The summed E-state index contributed by atoms with van der Waals surface area (Å²) in [5.41, 5.74) is 1.50. The van der Waals surface area contributed by atoms with Crippen LogP contribution in [-0.4, -0.2) is 5.38 Å². The van der Waals surface area contributed by atoms with Crippen LogP contribution < -0.4 is 0 Å². The van der Waals surface area contributed by atoms with Crippen molar-refractivity contribution in [2.24, 2.45) is 5.92 Å². The van der Waals surface area contributed by atoms with Crippen LogP contribution in [0.3, 0.4) is 0 Å². The van der Waals surface area contributed by atoms with Gasteiger partial charge < -0.3 is 0 Å². The number of thiophene rings is 1. The lowest BCUT2D eigenvalue weighted by atomic mass is 9.88. The topological polar surface area (TPSA) is 0 Å². The number of hydrogen-bond donors (Lipinski definition) is 0. The van der Waals surface area contributed by atoms with Gasteiger partial charge in [-0.05, 0) is 40.8 Å². The first-order chi connectivity index (χ1) is 7.13. The van der Waals surface area contributed by atoms with Crippen molar-refractivity contribution in [3.05, 3.63) is 32.4 Å². The Morgan fingerprint density at radius 1 is 1.60 bits per heavy atom. The average molecular weight is 306 g/mol. The highest BCUT2D eigenvalue weighted by molar-refractivity contribution is 9.10. The van der Waals surface area contributed by atoms with Crippen LogP contribution in [0.15, 0.2) is 27.6 Å². The largest absolute Gasteiger partial charge is 0.147 e. The predicted molar refractivity (Wildman–Crippen MR) is 71.8 cm³/mol. The van der Waals surface area contributed by atoms with Gasteiger partial charge in [0.1, 0.15) is 0 Å². The van der Waals surface area contributed by atoms with E-state index in [0.29, 0.717) is 0 Å². The summed E-state index contributed by atoms with van der Waals surface area (Å²) in [5.74, 6) is 0.732. The first kappa shape index (κ1) is 11.7. The molecule has 0 aliphatic heterocycles. The van der Waals surface area contributed by atoms with Crippen LogP contribution in [0.25, 0.3) is 0 Å². The van der Waals surface area contributed by atoms with Gasteiger partial charge in [0, 0.05) is 21.2 Å². The predicted octanol–water partition coefficient (Wildman–Crippen LogP) is 5.02.